The van der Waals surface area contributed by atoms with Crippen molar-refractivity contribution in [2.75, 3.05) is 7.11 Å². The Morgan fingerprint density at radius 2 is 1.88 bits per heavy atom. The van der Waals surface area contributed by atoms with Gasteiger partial charge in [0.25, 0.3) is 5.69 Å². The van der Waals surface area contributed by atoms with Crippen molar-refractivity contribution in [3.05, 3.63) is 79.4 Å². The maximum atomic E-state index is 11.8. The zero-order valence-corrected chi connectivity index (χ0v) is 14.5. The molecule has 1 aromatic heterocycles. The Morgan fingerprint density at radius 1 is 1.24 bits per heavy atom. The number of benzene rings is 1. The lowest BCUT2D eigenvalue weighted by Crippen LogP contribution is -2.06. The van der Waals surface area contributed by atoms with Gasteiger partial charge in [-0.15, -0.1) is 0 Å². The predicted molar refractivity (Wildman–Crippen MR) is 96.7 cm³/mol. The quantitative estimate of drug-likeness (QED) is 0.458. The van der Waals surface area contributed by atoms with E-state index in [1.54, 1.807) is 25.1 Å². The van der Waals surface area contributed by atoms with E-state index < -0.39 is 10.5 Å². The van der Waals surface area contributed by atoms with Gasteiger partial charge in [0, 0.05) is 18.2 Å². The SMILES string of the molecule is COc1cc(/C(C)=C/C(C)=C/c2ccc([N+](=O)[O-])cc2)oc(=O)c1C. The van der Waals surface area contributed by atoms with E-state index >= 15 is 0 Å². The number of ether oxygens (including phenoxy) is 1. The van der Waals surface area contributed by atoms with Crippen LogP contribution in [0.15, 0.2) is 51.2 Å². The molecule has 0 N–H and O–H groups in total. The monoisotopic (exact) mass is 341 g/mol. The molecule has 0 bridgehead atoms. The first-order chi connectivity index (χ1) is 11.8. The highest BCUT2D eigenvalue weighted by atomic mass is 16.6. The molecule has 2 rings (SSSR count). The van der Waals surface area contributed by atoms with E-state index in [1.165, 1.54) is 19.2 Å². The molecule has 6 heteroatoms. The third kappa shape index (κ3) is 4.44. The molecule has 130 valence electrons. The maximum absolute atomic E-state index is 11.8. The Balaban J connectivity index is 2.30. The van der Waals surface area contributed by atoms with Gasteiger partial charge in [-0.1, -0.05) is 17.7 Å². The van der Waals surface area contributed by atoms with Crippen LogP contribution < -0.4 is 10.4 Å². The molecule has 0 saturated carbocycles. The number of nitrogens with zero attached hydrogens (tertiary/aromatic N) is 1. The highest BCUT2D eigenvalue weighted by Crippen LogP contribution is 2.22. The van der Waals surface area contributed by atoms with Crippen LogP contribution in [0.2, 0.25) is 0 Å². The summed E-state index contributed by atoms with van der Waals surface area (Å²) in [6, 6.07) is 7.96. The molecule has 0 atom stereocenters. The van der Waals surface area contributed by atoms with Crippen LogP contribution in [-0.4, -0.2) is 12.0 Å². The molecule has 0 spiro atoms. The molecule has 0 unspecified atom stereocenters. The summed E-state index contributed by atoms with van der Waals surface area (Å²) in [5, 5.41) is 10.7. The van der Waals surface area contributed by atoms with Crippen molar-refractivity contribution >= 4 is 17.3 Å². The Kier molecular flexibility index (Phi) is 5.54. The van der Waals surface area contributed by atoms with Crippen molar-refractivity contribution in [3.63, 3.8) is 0 Å². The predicted octanol–water partition coefficient (Wildman–Crippen LogP) is 4.37. The third-order valence-corrected chi connectivity index (χ3v) is 3.69. The number of hydrogen-bond donors (Lipinski definition) is 0. The van der Waals surface area contributed by atoms with Crippen molar-refractivity contribution in [1.82, 2.24) is 0 Å². The van der Waals surface area contributed by atoms with Crippen LogP contribution in [0.5, 0.6) is 5.75 Å². The standard InChI is InChI=1S/C19H19NO5/c1-12(10-15-5-7-16(8-6-15)20(22)23)9-13(2)17-11-18(24-4)14(3)19(21)25-17/h5-11H,1-4H3/b12-10+,13-9+. The summed E-state index contributed by atoms with van der Waals surface area (Å²) in [5.41, 5.74) is 2.57. The molecule has 0 aliphatic heterocycles. The van der Waals surface area contributed by atoms with E-state index in [4.69, 9.17) is 9.15 Å². The second kappa shape index (κ2) is 7.61. The molecule has 0 fully saturated rings. The van der Waals surface area contributed by atoms with Gasteiger partial charge in [-0.25, -0.2) is 4.79 Å². The summed E-state index contributed by atoms with van der Waals surface area (Å²) >= 11 is 0. The van der Waals surface area contributed by atoms with Crippen molar-refractivity contribution in [3.8, 4) is 5.75 Å². The summed E-state index contributed by atoms with van der Waals surface area (Å²) < 4.78 is 10.5. The van der Waals surface area contributed by atoms with Gasteiger partial charge in [0.2, 0.25) is 0 Å². The Morgan fingerprint density at radius 3 is 2.44 bits per heavy atom. The fourth-order valence-corrected chi connectivity index (χ4v) is 2.35. The topological polar surface area (TPSA) is 82.6 Å². The Labute approximate surface area is 145 Å². The molecule has 6 nitrogen and oxygen atoms in total. The number of rotatable bonds is 5. The minimum absolute atomic E-state index is 0.0510. The number of non-ortho nitro benzene ring substituents is 1. The maximum Gasteiger partial charge on any atom is 0.342 e. The van der Waals surface area contributed by atoms with Crippen molar-refractivity contribution in [2.45, 2.75) is 20.8 Å². The molecule has 0 aliphatic carbocycles. The van der Waals surface area contributed by atoms with Crippen LogP contribution in [0, 0.1) is 17.0 Å². The van der Waals surface area contributed by atoms with Crippen LogP contribution >= 0.6 is 0 Å². The fraction of sp³-hybridized carbons (Fsp3) is 0.211. The molecule has 25 heavy (non-hydrogen) atoms. The number of hydrogen-bond acceptors (Lipinski definition) is 5. The first-order valence-corrected chi connectivity index (χ1v) is 7.62. The van der Waals surface area contributed by atoms with E-state index in [0.717, 1.165) is 16.7 Å². The minimum atomic E-state index is -0.433. The summed E-state index contributed by atoms with van der Waals surface area (Å²) in [6.07, 6.45) is 3.76. The second-order valence-electron chi connectivity index (χ2n) is 5.66. The molecular formula is C19H19NO5. The zero-order chi connectivity index (χ0) is 18.6. The second-order valence-corrected chi connectivity index (χ2v) is 5.66. The Hall–Kier alpha value is -3.15. The van der Waals surface area contributed by atoms with Gasteiger partial charge >= 0.3 is 5.63 Å². The smallest absolute Gasteiger partial charge is 0.342 e. The first-order valence-electron chi connectivity index (χ1n) is 7.62. The van der Waals surface area contributed by atoms with Gasteiger partial charge in [-0.05, 0) is 44.0 Å². The van der Waals surface area contributed by atoms with Crippen LogP contribution in [-0.2, 0) is 0 Å². The molecular weight excluding hydrogens is 322 g/mol. The van der Waals surface area contributed by atoms with Gasteiger partial charge in [-0.2, -0.15) is 0 Å². The molecule has 0 amide bonds. The lowest BCUT2D eigenvalue weighted by Gasteiger charge is -2.06. The highest BCUT2D eigenvalue weighted by Gasteiger charge is 2.09. The van der Waals surface area contributed by atoms with Crippen LogP contribution in [0.25, 0.3) is 11.6 Å². The average molecular weight is 341 g/mol. The van der Waals surface area contributed by atoms with Gasteiger partial charge < -0.3 is 9.15 Å². The number of methoxy groups -OCH3 is 1. The van der Waals surface area contributed by atoms with E-state index in [0.29, 0.717) is 17.1 Å². The van der Waals surface area contributed by atoms with Gasteiger partial charge in [0.1, 0.15) is 11.5 Å². The minimum Gasteiger partial charge on any atom is -0.496 e. The van der Waals surface area contributed by atoms with Crippen LogP contribution in [0.3, 0.4) is 0 Å². The molecule has 1 heterocycles. The molecule has 0 saturated heterocycles. The summed E-state index contributed by atoms with van der Waals surface area (Å²) in [7, 11) is 1.50. The average Bonchev–Trinajstić information content (AvgIpc) is 2.57. The van der Waals surface area contributed by atoms with Gasteiger partial charge in [0.05, 0.1) is 17.6 Å². The van der Waals surface area contributed by atoms with Crippen LogP contribution in [0.4, 0.5) is 5.69 Å². The summed E-state index contributed by atoms with van der Waals surface area (Å²) in [4.78, 5) is 22.1. The lowest BCUT2D eigenvalue weighted by atomic mass is 10.1. The van der Waals surface area contributed by atoms with Crippen LogP contribution in [0.1, 0.15) is 30.7 Å². The summed E-state index contributed by atoms with van der Waals surface area (Å²) in [5.74, 6) is 0.917. The molecule has 1 aromatic carbocycles. The van der Waals surface area contributed by atoms with Gasteiger partial charge in [0.15, 0.2) is 0 Å². The first kappa shape index (κ1) is 18.2. The van der Waals surface area contributed by atoms with Crippen molar-refractivity contribution in [2.24, 2.45) is 0 Å². The van der Waals surface area contributed by atoms with E-state index in [9.17, 15) is 14.9 Å². The number of nitro groups is 1. The zero-order valence-electron chi connectivity index (χ0n) is 14.5. The fourth-order valence-electron chi connectivity index (χ4n) is 2.35. The number of nitro benzene ring substituents is 1. The van der Waals surface area contributed by atoms with E-state index in [1.807, 2.05) is 26.0 Å². The number of allylic oxidation sites excluding steroid dienone is 3. The van der Waals surface area contributed by atoms with Crippen molar-refractivity contribution in [1.29, 1.82) is 0 Å². The van der Waals surface area contributed by atoms with Gasteiger partial charge in [-0.3, -0.25) is 10.1 Å². The third-order valence-electron chi connectivity index (χ3n) is 3.69. The largest absolute Gasteiger partial charge is 0.496 e. The highest BCUT2D eigenvalue weighted by molar-refractivity contribution is 5.67. The normalized spacial score (nSPS) is 12.2. The van der Waals surface area contributed by atoms with Crippen molar-refractivity contribution < 1.29 is 14.1 Å². The molecule has 2 aromatic rings. The van der Waals surface area contributed by atoms with E-state index in [2.05, 4.69) is 0 Å². The lowest BCUT2D eigenvalue weighted by molar-refractivity contribution is -0.384. The summed E-state index contributed by atoms with van der Waals surface area (Å²) in [6.45, 7) is 5.38. The van der Waals surface area contributed by atoms with E-state index in [-0.39, 0.29) is 5.69 Å². The molecule has 0 aliphatic rings. The Bertz CT molecular complexity index is 904. The molecule has 0 radical (unpaired) electrons.